The van der Waals surface area contributed by atoms with Gasteiger partial charge in [-0.3, -0.25) is 0 Å². The van der Waals surface area contributed by atoms with Crippen molar-refractivity contribution in [2.45, 2.75) is 33.1 Å². The normalized spacial score (nSPS) is 12.7. The van der Waals surface area contributed by atoms with Crippen LogP contribution in [0.15, 0.2) is 206 Å². The van der Waals surface area contributed by atoms with Crippen molar-refractivity contribution in [1.29, 1.82) is 0 Å². The second kappa shape index (κ2) is 14.4. The molecule has 0 radical (unpaired) electrons. The lowest BCUT2D eigenvalue weighted by Crippen LogP contribution is -2.17. The Morgan fingerprint density at radius 2 is 0.787 bits per heavy atom. The number of hydrogen-bond acceptors (Lipinski definition) is 1. The molecule has 0 saturated carbocycles. The average molecular weight is 783 g/mol. The first-order chi connectivity index (χ1) is 29.8. The summed E-state index contributed by atoms with van der Waals surface area (Å²) in [6.45, 7) is 9.10. The second-order valence-electron chi connectivity index (χ2n) is 17.2. The molecular formula is C59H46N2. The van der Waals surface area contributed by atoms with Gasteiger partial charge in [-0.05, 0) is 130 Å². The zero-order chi connectivity index (χ0) is 41.2. The van der Waals surface area contributed by atoms with Crippen LogP contribution >= 0.6 is 0 Å². The number of anilines is 3. The van der Waals surface area contributed by atoms with Crippen molar-refractivity contribution >= 4 is 38.9 Å². The predicted molar refractivity (Wildman–Crippen MR) is 259 cm³/mol. The Hall–Kier alpha value is -7.42. The van der Waals surface area contributed by atoms with Crippen LogP contribution in [0.2, 0.25) is 0 Å². The Kier molecular flexibility index (Phi) is 8.65. The van der Waals surface area contributed by atoms with Gasteiger partial charge in [0.15, 0.2) is 0 Å². The lowest BCUT2D eigenvalue weighted by atomic mass is 9.82. The van der Waals surface area contributed by atoms with E-state index in [1.54, 1.807) is 0 Å². The number of nitrogens with zero attached hydrogens (tertiary/aromatic N) is 2. The molecule has 1 aliphatic rings. The Morgan fingerprint density at radius 3 is 1.34 bits per heavy atom. The Balaban J connectivity index is 0.975. The van der Waals surface area contributed by atoms with E-state index in [9.17, 15) is 0 Å². The zero-order valence-corrected chi connectivity index (χ0v) is 35.0. The van der Waals surface area contributed by atoms with Crippen molar-refractivity contribution in [1.82, 2.24) is 4.57 Å². The first-order valence-corrected chi connectivity index (χ1v) is 21.3. The topological polar surface area (TPSA) is 8.17 Å². The fourth-order valence-electron chi connectivity index (χ4n) is 9.87. The fourth-order valence-corrected chi connectivity index (χ4v) is 9.87. The van der Waals surface area contributed by atoms with Crippen LogP contribution in [0.1, 0.15) is 36.1 Å². The first-order valence-electron chi connectivity index (χ1n) is 21.3. The van der Waals surface area contributed by atoms with E-state index >= 15 is 0 Å². The molecule has 0 atom stereocenters. The van der Waals surface area contributed by atoms with Crippen molar-refractivity contribution in [3.63, 3.8) is 0 Å². The first kappa shape index (κ1) is 36.6. The van der Waals surface area contributed by atoms with E-state index in [1.165, 1.54) is 94.3 Å². The average Bonchev–Trinajstić information content (AvgIpc) is 3.75. The van der Waals surface area contributed by atoms with E-state index in [0.717, 1.165) is 17.1 Å². The molecule has 2 heteroatoms. The molecular weight excluding hydrogens is 737 g/mol. The summed E-state index contributed by atoms with van der Waals surface area (Å²) in [5.41, 5.74) is 22.0. The molecule has 1 heterocycles. The minimum Gasteiger partial charge on any atom is -0.310 e. The van der Waals surface area contributed by atoms with Crippen LogP contribution < -0.4 is 4.90 Å². The zero-order valence-electron chi connectivity index (χ0n) is 35.0. The summed E-state index contributed by atoms with van der Waals surface area (Å²) in [7, 11) is 0. The Morgan fingerprint density at radius 1 is 0.361 bits per heavy atom. The lowest BCUT2D eigenvalue weighted by Gasteiger charge is -2.28. The third-order valence-corrected chi connectivity index (χ3v) is 12.9. The molecule has 0 amide bonds. The van der Waals surface area contributed by atoms with Crippen molar-refractivity contribution < 1.29 is 0 Å². The van der Waals surface area contributed by atoms with E-state index in [1.807, 2.05) is 0 Å². The molecule has 9 aromatic carbocycles. The summed E-state index contributed by atoms with van der Waals surface area (Å²) >= 11 is 0. The molecule has 0 bridgehead atoms. The van der Waals surface area contributed by atoms with Gasteiger partial charge in [-0.2, -0.15) is 0 Å². The SMILES string of the molecule is Cc1cc(C)cc(-c2ccc(-c3ccc(N(c4ccc(-c5ccccc5)cc4)c4ccc5c(c4)C(C)(C)c4cc(-n6c7ccccc7c7ccccc76)ccc4-5)cc3)cc2)c1. The van der Waals surface area contributed by atoms with Gasteiger partial charge in [0.25, 0.3) is 0 Å². The molecule has 10 aromatic rings. The second-order valence-corrected chi connectivity index (χ2v) is 17.2. The van der Waals surface area contributed by atoms with Crippen molar-refractivity contribution in [3.05, 3.63) is 229 Å². The molecule has 0 fully saturated rings. The standard InChI is InChI=1S/C59H46N2/c1-39-34-40(2)36-46(35-39)45-20-18-42(19-21-45)44-24-28-48(29-25-44)60(47-26-22-43(23-27-47)41-12-6-5-7-13-41)49-30-32-51-52-33-31-50(38-56(52)59(3,4)55(51)37-49)61-57-16-10-8-14-53(57)54-15-9-11-17-58(54)61/h5-38H,1-4H3. The van der Waals surface area contributed by atoms with Crippen LogP contribution in [-0.4, -0.2) is 4.57 Å². The molecule has 1 aliphatic carbocycles. The van der Waals surface area contributed by atoms with Crippen LogP contribution in [0.4, 0.5) is 17.1 Å². The minimum absolute atomic E-state index is 0.217. The van der Waals surface area contributed by atoms with E-state index < -0.39 is 0 Å². The molecule has 1 aromatic heterocycles. The molecule has 0 aliphatic heterocycles. The summed E-state index contributed by atoms with van der Waals surface area (Å²) in [4.78, 5) is 2.41. The summed E-state index contributed by atoms with van der Waals surface area (Å²) in [6, 6.07) is 76.1. The van der Waals surface area contributed by atoms with Gasteiger partial charge in [0.2, 0.25) is 0 Å². The molecule has 292 valence electrons. The molecule has 61 heavy (non-hydrogen) atoms. The number of fused-ring (bicyclic) bond motifs is 6. The number of para-hydroxylation sites is 2. The van der Waals surface area contributed by atoms with Crippen molar-refractivity contribution in [3.8, 4) is 50.2 Å². The summed E-state index contributed by atoms with van der Waals surface area (Å²) in [6.07, 6.45) is 0. The smallest absolute Gasteiger partial charge is 0.0541 e. The third kappa shape index (κ3) is 6.26. The van der Waals surface area contributed by atoms with Crippen molar-refractivity contribution in [2.75, 3.05) is 4.90 Å². The minimum atomic E-state index is -0.217. The summed E-state index contributed by atoms with van der Waals surface area (Å²) in [5, 5.41) is 2.56. The van der Waals surface area contributed by atoms with Gasteiger partial charge in [0.05, 0.1) is 11.0 Å². The van der Waals surface area contributed by atoms with Gasteiger partial charge in [-0.25, -0.2) is 0 Å². The molecule has 11 rings (SSSR count). The van der Waals surface area contributed by atoms with E-state index in [0.29, 0.717) is 0 Å². The molecule has 2 nitrogen and oxygen atoms in total. The number of hydrogen-bond donors (Lipinski definition) is 0. The van der Waals surface area contributed by atoms with Gasteiger partial charge in [-0.15, -0.1) is 0 Å². The maximum absolute atomic E-state index is 2.43. The van der Waals surface area contributed by atoms with E-state index in [-0.39, 0.29) is 5.41 Å². The van der Waals surface area contributed by atoms with Crippen LogP contribution in [-0.2, 0) is 5.41 Å². The van der Waals surface area contributed by atoms with Gasteiger partial charge in [0, 0.05) is 38.9 Å². The van der Waals surface area contributed by atoms with Gasteiger partial charge in [0.1, 0.15) is 0 Å². The highest BCUT2D eigenvalue weighted by Gasteiger charge is 2.36. The predicted octanol–water partition coefficient (Wildman–Crippen LogP) is 16.2. The molecule has 0 spiro atoms. The quantitative estimate of drug-likeness (QED) is 0.156. The summed E-state index contributed by atoms with van der Waals surface area (Å²) in [5.74, 6) is 0. The van der Waals surface area contributed by atoms with Crippen LogP contribution in [0.5, 0.6) is 0 Å². The van der Waals surface area contributed by atoms with E-state index in [4.69, 9.17) is 0 Å². The maximum atomic E-state index is 2.43. The van der Waals surface area contributed by atoms with Crippen molar-refractivity contribution in [2.24, 2.45) is 0 Å². The highest BCUT2D eigenvalue weighted by Crippen LogP contribution is 2.52. The Bertz CT molecular complexity index is 3190. The van der Waals surface area contributed by atoms with Crippen LogP contribution in [0, 0.1) is 13.8 Å². The highest BCUT2D eigenvalue weighted by atomic mass is 15.1. The maximum Gasteiger partial charge on any atom is 0.0541 e. The monoisotopic (exact) mass is 782 g/mol. The van der Waals surface area contributed by atoms with Gasteiger partial charge >= 0.3 is 0 Å². The number of aryl methyl sites for hydroxylation is 2. The van der Waals surface area contributed by atoms with Crippen LogP contribution in [0.25, 0.3) is 72.0 Å². The Labute approximate surface area is 358 Å². The lowest BCUT2D eigenvalue weighted by molar-refractivity contribution is 0.660. The molecule has 0 N–H and O–H groups in total. The third-order valence-electron chi connectivity index (χ3n) is 12.9. The molecule has 0 unspecified atom stereocenters. The van der Waals surface area contributed by atoms with E-state index in [2.05, 4.69) is 243 Å². The number of benzene rings is 9. The number of rotatable bonds is 7. The fraction of sp³-hybridized carbons (Fsp3) is 0.0847. The highest BCUT2D eigenvalue weighted by molar-refractivity contribution is 6.09. The molecule has 0 saturated heterocycles. The van der Waals surface area contributed by atoms with Crippen LogP contribution in [0.3, 0.4) is 0 Å². The summed E-state index contributed by atoms with van der Waals surface area (Å²) < 4.78 is 2.43. The van der Waals surface area contributed by atoms with Gasteiger partial charge < -0.3 is 9.47 Å². The number of aromatic nitrogens is 1. The van der Waals surface area contributed by atoms with Gasteiger partial charge in [-0.1, -0.05) is 171 Å². The largest absolute Gasteiger partial charge is 0.310 e.